The summed E-state index contributed by atoms with van der Waals surface area (Å²) in [7, 11) is 0. The monoisotopic (exact) mass is 414 g/mol. The van der Waals surface area contributed by atoms with Crippen LogP contribution in [0, 0.1) is 18.6 Å². The van der Waals surface area contributed by atoms with Gasteiger partial charge in [-0.25, -0.2) is 8.78 Å². The molecule has 3 aromatic rings. The van der Waals surface area contributed by atoms with Gasteiger partial charge in [0, 0.05) is 17.8 Å². The van der Waals surface area contributed by atoms with Crippen molar-refractivity contribution >= 4 is 29.1 Å². The van der Waals surface area contributed by atoms with Crippen LogP contribution in [0.3, 0.4) is 0 Å². The lowest BCUT2D eigenvalue weighted by Gasteiger charge is -2.12. The third kappa shape index (κ3) is 4.97. The molecule has 7 heteroatoms. The summed E-state index contributed by atoms with van der Waals surface area (Å²) >= 11 is 5.74. The lowest BCUT2D eigenvalue weighted by atomic mass is 10.1. The van der Waals surface area contributed by atoms with E-state index < -0.39 is 17.5 Å². The number of nitrogens with one attached hydrogen (secondary N) is 2. The molecule has 0 saturated heterocycles. The first-order valence-electron chi connectivity index (χ1n) is 8.74. The molecule has 0 unspecified atom stereocenters. The van der Waals surface area contributed by atoms with Crippen molar-refractivity contribution in [3.05, 3.63) is 99.6 Å². The zero-order chi connectivity index (χ0) is 21.0. The van der Waals surface area contributed by atoms with E-state index in [2.05, 4.69) is 10.6 Å². The van der Waals surface area contributed by atoms with Crippen molar-refractivity contribution in [3.8, 4) is 0 Å². The number of carbonyl (C=O) groups is 2. The van der Waals surface area contributed by atoms with Gasteiger partial charge in [-0.2, -0.15) is 0 Å². The van der Waals surface area contributed by atoms with Crippen LogP contribution in [0.5, 0.6) is 0 Å². The van der Waals surface area contributed by atoms with Gasteiger partial charge in [-0.3, -0.25) is 9.59 Å². The molecular weight excluding hydrogens is 398 g/mol. The van der Waals surface area contributed by atoms with Crippen LogP contribution in [0.4, 0.5) is 14.5 Å². The molecule has 0 atom stereocenters. The highest BCUT2D eigenvalue weighted by molar-refractivity contribution is 6.30. The van der Waals surface area contributed by atoms with E-state index in [9.17, 15) is 18.4 Å². The number of carbonyl (C=O) groups excluding carboxylic acids is 2. The van der Waals surface area contributed by atoms with E-state index in [1.54, 1.807) is 25.1 Å². The Labute approximate surface area is 171 Å². The van der Waals surface area contributed by atoms with Crippen molar-refractivity contribution in [1.82, 2.24) is 5.32 Å². The normalized spacial score (nSPS) is 10.5. The molecule has 0 aliphatic rings. The topological polar surface area (TPSA) is 58.2 Å². The first kappa shape index (κ1) is 20.5. The fourth-order valence-electron chi connectivity index (χ4n) is 2.67. The number of hydrogen-bond acceptors (Lipinski definition) is 2. The molecule has 0 spiro atoms. The Morgan fingerprint density at radius 3 is 2.41 bits per heavy atom. The second-order valence-electron chi connectivity index (χ2n) is 6.39. The van der Waals surface area contributed by atoms with Gasteiger partial charge >= 0.3 is 0 Å². The van der Waals surface area contributed by atoms with E-state index in [0.29, 0.717) is 16.8 Å². The molecule has 3 rings (SSSR count). The molecule has 0 bridgehead atoms. The molecule has 0 heterocycles. The Morgan fingerprint density at radius 1 is 0.931 bits per heavy atom. The second-order valence-corrected chi connectivity index (χ2v) is 6.80. The van der Waals surface area contributed by atoms with Gasteiger partial charge in [0.05, 0.1) is 10.6 Å². The summed E-state index contributed by atoms with van der Waals surface area (Å²) < 4.78 is 27.0. The Kier molecular flexibility index (Phi) is 6.24. The zero-order valence-corrected chi connectivity index (χ0v) is 16.2. The van der Waals surface area contributed by atoms with Crippen LogP contribution in [-0.4, -0.2) is 11.8 Å². The maximum absolute atomic E-state index is 13.8. The summed E-state index contributed by atoms with van der Waals surface area (Å²) in [4.78, 5) is 24.8. The molecule has 4 nitrogen and oxygen atoms in total. The minimum atomic E-state index is -0.630. The highest BCUT2D eigenvalue weighted by atomic mass is 35.5. The Bertz CT molecular complexity index is 1090. The summed E-state index contributed by atoms with van der Waals surface area (Å²) in [6, 6.07) is 14.6. The van der Waals surface area contributed by atoms with Crippen molar-refractivity contribution in [1.29, 1.82) is 0 Å². The predicted molar refractivity (Wildman–Crippen MR) is 108 cm³/mol. The maximum Gasteiger partial charge on any atom is 0.258 e. The number of halogens is 3. The molecule has 3 aromatic carbocycles. The summed E-state index contributed by atoms with van der Waals surface area (Å²) in [5, 5.41) is 5.32. The van der Waals surface area contributed by atoms with E-state index in [0.717, 1.165) is 5.56 Å². The standard InChI is InChI=1S/C22H17ClF2N2O2/c1-13-6-8-15(21(28)26-12-14-7-9-19(25)17(23)10-14)11-20(13)27-22(29)16-4-2-3-5-18(16)24/h2-11H,12H2,1H3,(H,26,28)(H,27,29). The summed E-state index contributed by atoms with van der Waals surface area (Å²) in [6.07, 6.45) is 0. The third-order valence-electron chi connectivity index (χ3n) is 4.30. The number of anilines is 1. The molecule has 0 aromatic heterocycles. The molecule has 2 N–H and O–H groups in total. The van der Waals surface area contributed by atoms with Gasteiger partial charge in [-0.1, -0.05) is 35.9 Å². The van der Waals surface area contributed by atoms with Crippen LogP contribution in [-0.2, 0) is 6.54 Å². The fraction of sp³-hybridized carbons (Fsp3) is 0.0909. The average Bonchev–Trinajstić information content (AvgIpc) is 2.70. The third-order valence-corrected chi connectivity index (χ3v) is 4.59. The first-order chi connectivity index (χ1) is 13.8. The van der Waals surface area contributed by atoms with Gasteiger partial charge in [-0.15, -0.1) is 0 Å². The smallest absolute Gasteiger partial charge is 0.258 e. The molecule has 0 saturated carbocycles. The van der Waals surface area contributed by atoms with Crippen LogP contribution < -0.4 is 10.6 Å². The fourth-order valence-corrected chi connectivity index (χ4v) is 2.87. The number of benzene rings is 3. The largest absolute Gasteiger partial charge is 0.348 e. The van der Waals surface area contributed by atoms with Gasteiger partial charge in [0.25, 0.3) is 11.8 Å². The molecule has 148 valence electrons. The lowest BCUT2D eigenvalue weighted by molar-refractivity contribution is 0.0949. The Balaban J connectivity index is 1.72. The first-order valence-corrected chi connectivity index (χ1v) is 9.11. The van der Waals surface area contributed by atoms with E-state index in [4.69, 9.17) is 11.6 Å². The Hall–Kier alpha value is -3.25. The molecule has 0 fully saturated rings. The van der Waals surface area contributed by atoms with Gasteiger partial charge in [0.2, 0.25) is 0 Å². The van der Waals surface area contributed by atoms with Crippen LogP contribution in [0.2, 0.25) is 5.02 Å². The van der Waals surface area contributed by atoms with Crippen LogP contribution in [0.1, 0.15) is 31.8 Å². The molecule has 0 aliphatic carbocycles. The summed E-state index contributed by atoms with van der Waals surface area (Å²) in [5.41, 5.74) is 1.99. The zero-order valence-electron chi connectivity index (χ0n) is 15.4. The van der Waals surface area contributed by atoms with Crippen molar-refractivity contribution in [2.45, 2.75) is 13.5 Å². The SMILES string of the molecule is Cc1ccc(C(=O)NCc2ccc(F)c(Cl)c2)cc1NC(=O)c1ccccc1F. The van der Waals surface area contributed by atoms with Crippen LogP contribution in [0.25, 0.3) is 0 Å². The molecule has 0 aliphatic heterocycles. The highest BCUT2D eigenvalue weighted by Crippen LogP contribution is 2.20. The van der Waals surface area contributed by atoms with Gasteiger partial charge in [-0.05, 0) is 54.4 Å². The van der Waals surface area contributed by atoms with Gasteiger partial charge in [0.1, 0.15) is 11.6 Å². The molecule has 2 amide bonds. The molecular formula is C22H17ClF2N2O2. The Morgan fingerprint density at radius 2 is 1.69 bits per heavy atom. The quantitative estimate of drug-likeness (QED) is 0.609. The van der Waals surface area contributed by atoms with Gasteiger partial charge in [0.15, 0.2) is 0 Å². The number of hydrogen-bond donors (Lipinski definition) is 2. The molecule has 29 heavy (non-hydrogen) atoms. The highest BCUT2D eigenvalue weighted by Gasteiger charge is 2.14. The van der Waals surface area contributed by atoms with E-state index in [1.807, 2.05) is 0 Å². The van der Waals surface area contributed by atoms with E-state index >= 15 is 0 Å². The maximum atomic E-state index is 13.8. The van der Waals surface area contributed by atoms with E-state index in [-0.39, 0.29) is 23.0 Å². The van der Waals surface area contributed by atoms with Gasteiger partial charge < -0.3 is 10.6 Å². The number of aryl methyl sites for hydroxylation is 1. The van der Waals surface area contributed by atoms with Crippen molar-refractivity contribution in [2.75, 3.05) is 5.32 Å². The lowest BCUT2D eigenvalue weighted by Crippen LogP contribution is -2.23. The summed E-state index contributed by atoms with van der Waals surface area (Å²) in [5.74, 6) is -2.15. The van der Waals surface area contributed by atoms with Crippen LogP contribution in [0.15, 0.2) is 60.7 Å². The predicted octanol–water partition coefficient (Wildman–Crippen LogP) is 5.11. The average molecular weight is 415 g/mol. The van der Waals surface area contributed by atoms with Crippen molar-refractivity contribution < 1.29 is 18.4 Å². The molecule has 0 radical (unpaired) electrons. The van der Waals surface area contributed by atoms with Crippen molar-refractivity contribution in [3.63, 3.8) is 0 Å². The van der Waals surface area contributed by atoms with E-state index in [1.165, 1.54) is 42.5 Å². The minimum Gasteiger partial charge on any atom is -0.348 e. The second kappa shape index (κ2) is 8.84. The van der Waals surface area contributed by atoms with Crippen molar-refractivity contribution in [2.24, 2.45) is 0 Å². The minimum absolute atomic E-state index is 0.0229. The number of amides is 2. The summed E-state index contributed by atoms with van der Waals surface area (Å²) in [6.45, 7) is 1.92. The van der Waals surface area contributed by atoms with Crippen LogP contribution >= 0.6 is 11.6 Å². The number of rotatable bonds is 5.